The summed E-state index contributed by atoms with van der Waals surface area (Å²) in [6.07, 6.45) is 0. The van der Waals surface area contributed by atoms with Crippen LogP contribution in [0.25, 0.3) is 0 Å². The van der Waals surface area contributed by atoms with Crippen molar-refractivity contribution in [2.24, 2.45) is 0 Å². The molecule has 0 heterocycles. The minimum atomic E-state index is -0.590. The first-order valence-corrected chi connectivity index (χ1v) is 5.06. The molecule has 0 atom stereocenters. The largest absolute Gasteiger partial charge is 0.465 e. The SMILES string of the molecule is COC(=O)c1cc(NC(C)=O)c(Cl)cc1Cl. The highest BCUT2D eigenvalue weighted by molar-refractivity contribution is 6.38. The predicted molar refractivity (Wildman–Crippen MR) is 62.1 cm³/mol. The lowest BCUT2D eigenvalue weighted by Gasteiger charge is -2.08. The molecule has 0 bridgehead atoms. The number of nitrogens with one attached hydrogen (secondary N) is 1. The Bertz CT molecular complexity index is 446. The molecule has 4 nitrogen and oxygen atoms in total. The van der Waals surface area contributed by atoms with Crippen molar-refractivity contribution in [3.8, 4) is 0 Å². The first kappa shape index (κ1) is 12.8. The van der Waals surface area contributed by atoms with Crippen LogP contribution in [0.1, 0.15) is 17.3 Å². The number of hydrogen-bond donors (Lipinski definition) is 1. The van der Waals surface area contributed by atoms with Gasteiger partial charge in [0.25, 0.3) is 0 Å². The fraction of sp³-hybridized carbons (Fsp3) is 0.200. The van der Waals surface area contributed by atoms with Gasteiger partial charge in [0.2, 0.25) is 5.91 Å². The molecule has 1 aromatic rings. The molecule has 86 valence electrons. The van der Waals surface area contributed by atoms with E-state index in [2.05, 4.69) is 10.1 Å². The van der Waals surface area contributed by atoms with E-state index in [4.69, 9.17) is 23.2 Å². The third kappa shape index (κ3) is 2.87. The topological polar surface area (TPSA) is 55.4 Å². The Morgan fingerprint density at radius 3 is 2.38 bits per heavy atom. The molecule has 1 N–H and O–H groups in total. The Morgan fingerprint density at radius 1 is 1.25 bits per heavy atom. The van der Waals surface area contributed by atoms with Crippen LogP contribution in [0.15, 0.2) is 12.1 Å². The molecule has 0 aliphatic rings. The van der Waals surface area contributed by atoms with Crippen molar-refractivity contribution < 1.29 is 14.3 Å². The van der Waals surface area contributed by atoms with E-state index in [1.807, 2.05) is 0 Å². The number of anilines is 1. The molecule has 0 aliphatic carbocycles. The van der Waals surface area contributed by atoms with Gasteiger partial charge in [-0.15, -0.1) is 0 Å². The maximum atomic E-state index is 11.3. The Kier molecular flexibility index (Phi) is 4.15. The zero-order chi connectivity index (χ0) is 12.3. The molecule has 1 rings (SSSR count). The summed E-state index contributed by atoms with van der Waals surface area (Å²) in [5.74, 6) is -0.881. The fourth-order valence-electron chi connectivity index (χ4n) is 1.10. The van der Waals surface area contributed by atoms with E-state index in [1.165, 1.54) is 26.2 Å². The number of methoxy groups -OCH3 is 1. The number of ether oxygens (including phenoxy) is 1. The molecule has 1 amide bonds. The van der Waals surface area contributed by atoms with Crippen molar-refractivity contribution in [2.45, 2.75) is 6.92 Å². The van der Waals surface area contributed by atoms with Crippen molar-refractivity contribution in [3.05, 3.63) is 27.7 Å². The molecule has 0 saturated heterocycles. The number of carbonyl (C=O) groups excluding carboxylic acids is 2. The van der Waals surface area contributed by atoms with Crippen molar-refractivity contribution in [3.63, 3.8) is 0 Å². The normalized spacial score (nSPS) is 9.75. The van der Waals surface area contributed by atoms with Gasteiger partial charge < -0.3 is 10.1 Å². The van der Waals surface area contributed by atoms with Gasteiger partial charge in [0, 0.05) is 6.92 Å². The molecule has 0 saturated carbocycles. The smallest absolute Gasteiger partial charge is 0.339 e. The highest BCUT2D eigenvalue weighted by atomic mass is 35.5. The number of rotatable bonds is 2. The molecule has 0 aliphatic heterocycles. The molecule has 0 unspecified atom stereocenters. The molecule has 0 aromatic heterocycles. The Hall–Kier alpha value is -1.26. The van der Waals surface area contributed by atoms with Crippen molar-refractivity contribution in [1.82, 2.24) is 0 Å². The van der Waals surface area contributed by atoms with Crippen LogP contribution in [0.3, 0.4) is 0 Å². The Balaban J connectivity index is 3.21. The lowest BCUT2D eigenvalue weighted by Crippen LogP contribution is -2.09. The van der Waals surface area contributed by atoms with E-state index in [0.29, 0.717) is 5.69 Å². The number of hydrogen-bond acceptors (Lipinski definition) is 3. The predicted octanol–water partition coefficient (Wildman–Crippen LogP) is 2.74. The molecule has 0 spiro atoms. The van der Waals surface area contributed by atoms with E-state index in [1.54, 1.807) is 0 Å². The van der Waals surface area contributed by atoms with Gasteiger partial charge in [-0.05, 0) is 12.1 Å². The number of carbonyl (C=O) groups is 2. The highest BCUT2D eigenvalue weighted by Crippen LogP contribution is 2.29. The van der Waals surface area contributed by atoms with Crippen LogP contribution in [0.4, 0.5) is 5.69 Å². The standard InChI is InChI=1S/C10H9Cl2NO3/c1-5(14)13-9-3-6(10(15)16-2)7(11)4-8(9)12/h3-4H,1-2H3,(H,13,14). The lowest BCUT2D eigenvalue weighted by atomic mass is 10.2. The zero-order valence-corrected chi connectivity index (χ0v) is 10.1. The number of esters is 1. The van der Waals surface area contributed by atoms with Crippen LogP contribution in [0.2, 0.25) is 10.0 Å². The summed E-state index contributed by atoms with van der Waals surface area (Å²) in [5.41, 5.74) is 0.469. The third-order valence-corrected chi connectivity index (χ3v) is 2.40. The van der Waals surface area contributed by atoms with Crippen molar-refractivity contribution in [2.75, 3.05) is 12.4 Å². The van der Waals surface area contributed by atoms with Gasteiger partial charge >= 0.3 is 5.97 Å². The zero-order valence-electron chi connectivity index (χ0n) is 8.64. The average Bonchev–Trinajstić information content (AvgIpc) is 2.20. The van der Waals surface area contributed by atoms with Crippen molar-refractivity contribution in [1.29, 1.82) is 0 Å². The minimum absolute atomic E-state index is 0.150. The summed E-state index contributed by atoms with van der Waals surface area (Å²) in [4.78, 5) is 22.2. The summed E-state index contributed by atoms with van der Waals surface area (Å²) in [7, 11) is 1.24. The lowest BCUT2D eigenvalue weighted by molar-refractivity contribution is -0.114. The summed E-state index contributed by atoms with van der Waals surface area (Å²) in [6, 6.07) is 2.75. The van der Waals surface area contributed by atoms with Crippen LogP contribution >= 0.6 is 23.2 Å². The van der Waals surface area contributed by atoms with Gasteiger partial charge in [-0.1, -0.05) is 23.2 Å². The maximum absolute atomic E-state index is 11.3. The van der Waals surface area contributed by atoms with Crippen LogP contribution in [0, 0.1) is 0 Å². The molecular formula is C10H9Cl2NO3. The molecule has 6 heteroatoms. The quantitative estimate of drug-likeness (QED) is 0.833. The number of halogens is 2. The number of benzene rings is 1. The number of amides is 1. The second-order valence-corrected chi connectivity index (χ2v) is 3.80. The second-order valence-electron chi connectivity index (χ2n) is 2.98. The highest BCUT2D eigenvalue weighted by Gasteiger charge is 2.14. The van der Waals surface area contributed by atoms with E-state index in [9.17, 15) is 9.59 Å². The Labute approximate surface area is 102 Å². The first-order chi connectivity index (χ1) is 7.45. The minimum Gasteiger partial charge on any atom is -0.465 e. The van der Waals surface area contributed by atoms with Crippen LogP contribution in [0.5, 0.6) is 0 Å². The summed E-state index contributed by atoms with van der Waals surface area (Å²) < 4.78 is 4.54. The van der Waals surface area contributed by atoms with E-state index in [0.717, 1.165) is 0 Å². The van der Waals surface area contributed by atoms with Crippen LogP contribution in [-0.2, 0) is 9.53 Å². The van der Waals surface area contributed by atoms with Gasteiger partial charge in [0.15, 0.2) is 0 Å². The summed E-state index contributed by atoms with van der Waals surface area (Å²) >= 11 is 11.7. The van der Waals surface area contributed by atoms with Gasteiger partial charge in [0.05, 0.1) is 28.4 Å². The van der Waals surface area contributed by atoms with E-state index < -0.39 is 5.97 Å². The van der Waals surface area contributed by atoms with E-state index >= 15 is 0 Å². The maximum Gasteiger partial charge on any atom is 0.339 e. The van der Waals surface area contributed by atoms with Gasteiger partial charge in [-0.2, -0.15) is 0 Å². The molecule has 1 aromatic carbocycles. The molecule has 0 radical (unpaired) electrons. The van der Waals surface area contributed by atoms with Gasteiger partial charge in [0.1, 0.15) is 0 Å². The fourth-order valence-corrected chi connectivity index (χ4v) is 1.61. The monoisotopic (exact) mass is 261 g/mol. The van der Waals surface area contributed by atoms with Crippen LogP contribution in [-0.4, -0.2) is 19.0 Å². The molecular weight excluding hydrogens is 253 g/mol. The van der Waals surface area contributed by atoms with Gasteiger partial charge in [-0.25, -0.2) is 4.79 Å². The first-order valence-electron chi connectivity index (χ1n) is 4.30. The van der Waals surface area contributed by atoms with Gasteiger partial charge in [-0.3, -0.25) is 4.79 Å². The van der Waals surface area contributed by atoms with Crippen LogP contribution < -0.4 is 5.32 Å². The second kappa shape index (κ2) is 5.18. The molecule has 16 heavy (non-hydrogen) atoms. The van der Waals surface area contributed by atoms with Crippen molar-refractivity contribution >= 4 is 40.8 Å². The summed E-state index contributed by atoms with van der Waals surface area (Å²) in [5, 5.41) is 2.91. The average molecular weight is 262 g/mol. The van der Waals surface area contributed by atoms with E-state index in [-0.39, 0.29) is 21.5 Å². The molecule has 0 fully saturated rings. The summed E-state index contributed by atoms with van der Waals surface area (Å²) in [6.45, 7) is 1.34. The Morgan fingerprint density at radius 2 is 1.88 bits per heavy atom. The third-order valence-electron chi connectivity index (χ3n) is 1.77.